The Morgan fingerprint density at radius 2 is 1.97 bits per heavy atom. The summed E-state index contributed by atoms with van der Waals surface area (Å²) in [4.78, 5) is 0. The number of benzene rings is 1. The van der Waals surface area contributed by atoms with Crippen LogP contribution in [0.25, 0.3) is 5.70 Å². The first kappa shape index (κ1) is 30.4. The van der Waals surface area contributed by atoms with Gasteiger partial charge in [0.25, 0.3) is 0 Å². The number of hydrogen-bond acceptors (Lipinski definition) is 4. The lowest BCUT2D eigenvalue weighted by Gasteiger charge is -2.26. The van der Waals surface area contributed by atoms with E-state index in [1.807, 2.05) is 35.9 Å². The first-order valence-corrected chi connectivity index (χ1v) is 15.3. The van der Waals surface area contributed by atoms with E-state index < -0.39 is 7.29 Å². The third-order valence-electron chi connectivity index (χ3n) is 7.08. The van der Waals surface area contributed by atoms with E-state index in [9.17, 15) is 4.57 Å². The molecule has 1 saturated carbocycles. The van der Waals surface area contributed by atoms with Crippen LogP contribution in [0.5, 0.6) is 0 Å². The molecule has 200 valence electrons. The summed E-state index contributed by atoms with van der Waals surface area (Å²) in [7, 11) is -2.61. The van der Waals surface area contributed by atoms with Gasteiger partial charge in [0.05, 0.1) is 17.5 Å². The summed E-state index contributed by atoms with van der Waals surface area (Å²) < 4.78 is 16.1. The lowest BCUT2D eigenvalue weighted by molar-refractivity contribution is 0.502. The van der Waals surface area contributed by atoms with Gasteiger partial charge in [-0.05, 0) is 69.6 Å². The van der Waals surface area contributed by atoms with Gasteiger partial charge in [-0.15, -0.1) is 0 Å². The molecule has 1 aromatic heterocycles. The molecule has 37 heavy (non-hydrogen) atoms. The zero-order chi connectivity index (χ0) is 27.4. The first-order chi connectivity index (χ1) is 17.7. The van der Waals surface area contributed by atoms with Gasteiger partial charge in [0.15, 0.2) is 7.29 Å². The Labute approximate surface area is 223 Å². The van der Waals surface area contributed by atoms with Gasteiger partial charge >= 0.3 is 0 Å². The molecule has 0 aliphatic heterocycles. The minimum Gasteiger partial charge on any atom is -0.397 e. The van der Waals surface area contributed by atoms with E-state index in [-0.39, 0.29) is 6.04 Å². The fourth-order valence-corrected chi connectivity index (χ4v) is 7.91. The van der Waals surface area contributed by atoms with E-state index >= 15 is 0 Å². The molecule has 1 aromatic carbocycles. The highest BCUT2D eigenvalue weighted by Crippen LogP contribution is 2.49. The highest BCUT2D eigenvalue weighted by molar-refractivity contribution is 7.61. The smallest absolute Gasteiger partial charge is 0.152 e. The van der Waals surface area contributed by atoms with Gasteiger partial charge in [0.2, 0.25) is 0 Å². The molecular formula is C30H44N5OP. The summed E-state index contributed by atoms with van der Waals surface area (Å²) >= 11 is 0. The second kappa shape index (κ2) is 14.8. The van der Waals surface area contributed by atoms with Gasteiger partial charge in [-0.3, -0.25) is 5.09 Å². The van der Waals surface area contributed by atoms with Crippen molar-refractivity contribution in [2.24, 2.45) is 16.8 Å². The van der Waals surface area contributed by atoms with E-state index in [0.29, 0.717) is 29.9 Å². The van der Waals surface area contributed by atoms with Crippen molar-refractivity contribution in [2.75, 3.05) is 6.16 Å². The molecule has 0 saturated heterocycles. The summed E-state index contributed by atoms with van der Waals surface area (Å²) in [6, 6.07) is 16.1. The first-order valence-electron chi connectivity index (χ1n) is 13.2. The van der Waals surface area contributed by atoms with Crippen LogP contribution in [0.4, 0.5) is 0 Å². The molecule has 1 aliphatic carbocycles. The number of nitrogens with one attached hydrogen (secondary N) is 1. The molecule has 1 heterocycles. The van der Waals surface area contributed by atoms with Crippen LogP contribution in [0.15, 0.2) is 66.3 Å². The lowest BCUT2D eigenvalue weighted by Crippen LogP contribution is -2.27. The molecule has 2 aromatic rings. The van der Waals surface area contributed by atoms with Crippen LogP contribution >= 0.6 is 7.29 Å². The van der Waals surface area contributed by atoms with Crippen LogP contribution in [-0.2, 0) is 10.7 Å². The largest absolute Gasteiger partial charge is 0.397 e. The van der Waals surface area contributed by atoms with Crippen molar-refractivity contribution in [1.82, 2.24) is 9.76 Å². The lowest BCUT2D eigenvalue weighted by atomic mass is 10.0. The van der Waals surface area contributed by atoms with Crippen molar-refractivity contribution < 1.29 is 4.57 Å². The maximum atomic E-state index is 14.1. The molecule has 3 N–H and O–H groups in total. The molecule has 0 radical (unpaired) electrons. The molecule has 3 rings (SSSR count). The Morgan fingerprint density at radius 3 is 2.57 bits per heavy atom. The maximum absolute atomic E-state index is 14.1. The standard InChI is InChI=1S/C28H41N4OP.C2H3N/c1-6-21(3)23(5)31-34(33,20-25-11-9-8-10-12-25)18-17-24-13-14-26(19-24)28-16-15-27(22(4)29)32(28)30-7-2;1-2-3/h7-12,15-16,23-24,26H,3-4,6,13-14,17-20,29H2,1-2,5H3,(H,31,33);1H3/b30-7-;. The van der Waals surface area contributed by atoms with E-state index in [0.717, 1.165) is 48.9 Å². The molecule has 4 unspecified atom stereocenters. The van der Waals surface area contributed by atoms with Crippen molar-refractivity contribution in [3.63, 3.8) is 0 Å². The highest BCUT2D eigenvalue weighted by atomic mass is 31.2. The topological polar surface area (TPSA) is 96.2 Å². The molecule has 1 aliphatic rings. The number of nitrogens with zero attached hydrogens (tertiary/aromatic N) is 3. The minimum atomic E-state index is -2.61. The molecular weight excluding hydrogens is 477 g/mol. The minimum absolute atomic E-state index is 0.0498. The Morgan fingerprint density at radius 1 is 1.30 bits per heavy atom. The van der Waals surface area contributed by atoms with Crippen LogP contribution in [0, 0.1) is 17.2 Å². The molecule has 6 nitrogen and oxygen atoms in total. The van der Waals surface area contributed by atoms with E-state index in [4.69, 9.17) is 11.0 Å². The summed E-state index contributed by atoms with van der Waals surface area (Å²) in [5.41, 5.74) is 10.8. The summed E-state index contributed by atoms with van der Waals surface area (Å²) in [5, 5.41) is 15.4. The number of nitriles is 1. The average Bonchev–Trinajstić information content (AvgIpc) is 3.50. The molecule has 0 amide bonds. The quantitative estimate of drug-likeness (QED) is 0.172. The summed E-state index contributed by atoms with van der Waals surface area (Å²) in [6.45, 7) is 15.6. The number of hydrogen-bond donors (Lipinski definition) is 2. The van der Waals surface area contributed by atoms with Crippen LogP contribution in [0.3, 0.4) is 0 Å². The maximum Gasteiger partial charge on any atom is 0.152 e. The molecule has 4 atom stereocenters. The third kappa shape index (κ3) is 8.88. The molecule has 0 spiro atoms. The Hall–Kier alpha value is -2.87. The van der Waals surface area contributed by atoms with Crippen molar-refractivity contribution in [3.8, 4) is 6.07 Å². The summed E-state index contributed by atoms with van der Waals surface area (Å²) in [5.74, 6) is 0.987. The van der Waals surface area contributed by atoms with Gasteiger partial charge in [0.1, 0.15) is 0 Å². The van der Waals surface area contributed by atoms with Gasteiger partial charge in [-0.25, -0.2) is 4.68 Å². The Bertz CT molecular complexity index is 1140. The zero-order valence-corrected chi connectivity index (χ0v) is 23.9. The van der Waals surface area contributed by atoms with Crippen LogP contribution in [0.2, 0.25) is 0 Å². The zero-order valence-electron chi connectivity index (χ0n) is 23.0. The van der Waals surface area contributed by atoms with Gasteiger partial charge in [0, 0.05) is 43.1 Å². The molecule has 0 bridgehead atoms. The van der Waals surface area contributed by atoms with Crippen molar-refractivity contribution in [3.05, 3.63) is 78.1 Å². The normalized spacial score (nSPS) is 19.4. The van der Waals surface area contributed by atoms with E-state index in [1.165, 1.54) is 12.6 Å². The van der Waals surface area contributed by atoms with Gasteiger partial charge in [-0.1, -0.05) is 56.0 Å². The highest BCUT2D eigenvalue weighted by Gasteiger charge is 2.32. The number of nitrogens with two attached hydrogens (primary N) is 1. The van der Waals surface area contributed by atoms with Crippen molar-refractivity contribution in [1.29, 1.82) is 5.26 Å². The third-order valence-corrected chi connectivity index (χ3v) is 9.79. The monoisotopic (exact) mass is 521 g/mol. The predicted molar refractivity (Wildman–Crippen MR) is 158 cm³/mol. The van der Waals surface area contributed by atoms with Crippen LogP contribution < -0.4 is 10.8 Å². The number of aromatic nitrogens is 1. The second-order valence-electron chi connectivity index (χ2n) is 9.86. The average molecular weight is 522 g/mol. The fourth-order valence-electron chi connectivity index (χ4n) is 5.06. The Kier molecular flexibility index (Phi) is 12.1. The van der Waals surface area contributed by atoms with E-state index in [2.05, 4.69) is 55.4 Å². The van der Waals surface area contributed by atoms with Crippen molar-refractivity contribution >= 4 is 19.2 Å². The Balaban J connectivity index is 0.00000153. The second-order valence-corrected chi connectivity index (χ2v) is 12.7. The molecule has 1 fully saturated rings. The van der Waals surface area contributed by atoms with Gasteiger partial charge in [-0.2, -0.15) is 10.4 Å². The SMILES string of the molecule is C=C(N)c1ccc(C2CCC(CCP(=O)(Cc3ccccc3)NC(C)C(=C)CC)C2)n1/N=C\C.CC#N. The predicted octanol–water partition coefficient (Wildman–Crippen LogP) is 7.50. The van der Waals surface area contributed by atoms with Crippen LogP contribution in [0.1, 0.15) is 82.7 Å². The van der Waals surface area contributed by atoms with E-state index in [1.54, 1.807) is 12.3 Å². The fraction of sp³-hybridized carbons (Fsp3) is 0.467. The number of rotatable bonds is 12. The van der Waals surface area contributed by atoms with Crippen LogP contribution in [-0.4, -0.2) is 23.1 Å². The van der Waals surface area contributed by atoms with Crippen molar-refractivity contribution in [2.45, 2.75) is 77.9 Å². The summed E-state index contributed by atoms with van der Waals surface area (Å²) in [6.07, 6.45) is 8.29. The van der Waals surface area contributed by atoms with Gasteiger partial charge < -0.3 is 10.3 Å². The molecule has 7 heteroatoms.